The lowest BCUT2D eigenvalue weighted by Gasteiger charge is -2.29. The van der Waals surface area contributed by atoms with Crippen molar-refractivity contribution in [3.05, 3.63) is 35.5 Å². The van der Waals surface area contributed by atoms with Crippen LogP contribution in [0.5, 0.6) is 0 Å². The summed E-state index contributed by atoms with van der Waals surface area (Å²) < 4.78 is 16.1. The predicted molar refractivity (Wildman–Crippen MR) is 105 cm³/mol. The van der Waals surface area contributed by atoms with Crippen LogP contribution in [-0.4, -0.2) is 42.5 Å². The van der Waals surface area contributed by atoms with Crippen molar-refractivity contribution in [3.63, 3.8) is 0 Å². The minimum Gasteiger partial charge on any atom is -0.461 e. The zero-order valence-corrected chi connectivity index (χ0v) is 17.4. The Bertz CT molecular complexity index is 774. The van der Waals surface area contributed by atoms with Gasteiger partial charge >= 0.3 is 17.9 Å². The zero-order chi connectivity index (χ0) is 21.7. The normalized spacial score (nSPS) is 30.0. The Morgan fingerprint density at radius 1 is 1.34 bits per heavy atom. The fourth-order valence-electron chi connectivity index (χ4n) is 3.56. The summed E-state index contributed by atoms with van der Waals surface area (Å²) in [5, 5.41) is 0. The molecule has 29 heavy (non-hydrogen) atoms. The van der Waals surface area contributed by atoms with Crippen molar-refractivity contribution in [1.29, 1.82) is 0 Å². The first-order chi connectivity index (χ1) is 13.6. The van der Waals surface area contributed by atoms with E-state index in [0.29, 0.717) is 12.8 Å². The molecule has 158 valence electrons. The van der Waals surface area contributed by atoms with Crippen LogP contribution < -0.4 is 0 Å². The molecule has 0 amide bonds. The molecule has 0 radical (unpaired) electrons. The van der Waals surface area contributed by atoms with Gasteiger partial charge in [0.05, 0.1) is 11.5 Å². The Labute approximate surface area is 170 Å². The molecular formula is C22H28O7. The van der Waals surface area contributed by atoms with E-state index in [1.807, 2.05) is 13.0 Å². The van der Waals surface area contributed by atoms with Gasteiger partial charge in [0.25, 0.3) is 0 Å². The van der Waals surface area contributed by atoms with Crippen LogP contribution in [0.4, 0.5) is 0 Å². The SMILES string of the molecule is C=C1C(=O)O[C@@H]2C[C@@H](C)C(=O)C/C=C(\C)C[C@@H](OC(=O)/C(=C/C)COC(C)=O)[C@@H]12. The monoisotopic (exact) mass is 404 g/mol. The molecule has 1 aliphatic carbocycles. The highest BCUT2D eigenvalue weighted by Crippen LogP contribution is 2.38. The van der Waals surface area contributed by atoms with Gasteiger partial charge in [-0.05, 0) is 20.3 Å². The van der Waals surface area contributed by atoms with Crippen molar-refractivity contribution in [2.45, 2.75) is 59.2 Å². The first-order valence-electron chi connectivity index (χ1n) is 9.71. The van der Waals surface area contributed by atoms with E-state index in [-0.39, 0.29) is 35.9 Å². The highest BCUT2D eigenvalue weighted by molar-refractivity contribution is 5.92. The van der Waals surface area contributed by atoms with Crippen LogP contribution in [0.15, 0.2) is 35.5 Å². The van der Waals surface area contributed by atoms with Crippen molar-refractivity contribution in [3.8, 4) is 0 Å². The third kappa shape index (κ3) is 5.65. The van der Waals surface area contributed by atoms with Crippen molar-refractivity contribution in [2.75, 3.05) is 6.61 Å². The molecule has 4 atom stereocenters. The quantitative estimate of drug-likeness (QED) is 0.308. The minimum absolute atomic E-state index is 0.0738. The van der Waals surface area contributed by atoms with E-state index < -0.39 is 36.0 Å². The van der Waals surface area contributed by atoms with Gasteiger partial charge in [-0.15, -0.1) is 0 Å². The Morgan fingerprint density at radius 2 is 2.03 bits per heavy atom. The lowest BCUT2D eigenvalue weighted by Crippen LogP contribution is -2.36. The van der Waals surface area contributed by atoms with Gasteiger partial charge in [-0.1, -0.05) is 31.2 Å². The Kier molecular flexibility index (Phi) is 7.53. The van der Waals surface area contributed by atoms with E-state index in [1.54, 1.807) is 13.8 Å². The number of carbonyl (C=O) groups excluding carboxylic acids is 4. The summed E-state index contributed by atoms with van der Waals surface area (Å²) in [5.41, 5.74) is 1.32. The van der Waals surface area contributed by atoms with E-state index >= 15 is 0 Å². The third-order valence-electron chi connectivity index (χ3n) is 5.33. The van der Waals surface area contributed by atoms with Gasteiger partial charge in [0.15, 0.2) is 0 Å². The molecule has 0 N–H and O–H groups in total. The molecule has 0 unspecified atom stereocenters. The number of allylic oxidation sites excluding steroid dienone is 2. The summed E-state index contributed by atoms with van der Waals surface area (Å²) in [6.07, 6.45) is 3.06. The predicted octanol–water partition coefficient (Wildman–Crippen LogP) is 2.84. The molecule has 0 aromatic rings. The number of Topliss-reactive ketones (excluding diaryl/α,β-unsaturated/α-hetero) is 1. The fourth-order valence-corrected chi connectivity index (χ4v) is 3.56. The first-order valence-corrected chi connectivity index (χ1v) is 9.71. The molecule has 0 saturated carbocycles. The summed E-state index contributed by atoms with van der Waals surface area (Å²) in [4.78, 5) is 48.2. The average molecular weight is 404 g/mol. The second kappa shape index (κ2) is 9.67. The standard InChI is InChI=1S/C22H28O7/c1-6-16(11-27-15(5)23)22(26)29-18-9-12(2)7-8-17(24)13(3)10-19-20(18)14(4)21(25)28-19/h6-7,13,18-20H,4,8-11H2,1-3,5H3/b12-7+,16-6+/t13-,18-,19-,20-/m1/s1. The molecule has 2 rings (SSSR count). The molecule has 1 fully saturated rings. The van der Waals surface area contributed by atoms with Gasteiger partial charge in [0, 0.05) is 31.3 Å². The number of fused-ring (bicyclic) bond motifs is 1. The third-order valence-corrected chi connectivity index (χ3v) is 5.33. The van der Waals surface area contributed by atoms with Gasteiger partial charge in [0.2, 0.25) is 0 Å². The Morgan fingerprint density at radius 3 is 2.66 bits per heavy atom. The number of hydrogen-bond donors (Lipinski definition) is 0. The number of rotatable bonds is 4. The molecule has 7 heteroatoms. The summed E-state index contributed by atoms with van der Waals surface area (Å²) in [6, 6.07) is 0. The van der Waals surface area contributed by atoms with Crippen molar-refractivity contribution in [1.82, 2.24) is 0 Å². The topological polar surface area (TPSA) is 96.0 Å². The van der Waals surface area contributed by atoms with E-state index in [4.69, 9.17) is 14.2 Å². The maximum Gasteiger partial charge on any atom is 0.337 e. The van der Waals surface area contributed by atoms with Crippen LogP contribution in [0.2, 0.25) is 0 Å². The Balaban J connectivity index is 2.31. The lowest BCUT2D eigenvalue weighted by atomic mass is 9.81. The summed E-state index contributed by atoms with van der Waals surface area (Å²) in [7, 11) is 0. The summed E-state index contributed by atoms with van der Waals surface area (Å²) >= 11 is 0. The largest absolute Gasteiger partial charge is 0.461 e. The lowest BCUT2D eigenvalue weighted by molar-refractivity contribution is -0.150. The number of ketones is 1. The van der Waals surface area contributed by atoms with E-state index in [1.165, 1.54) is 13.0 Å². The minimum atomic E-state index is -0.685. The number of carbonyl (C=O) groups is 4. The molecule has 1 saturated heterocycles. The maximum atomic E-state index is 12.7. The molecule has 0 aromatic heterocycles. The van der Waals surface area contributed by atoms with Crippen LogP contribution in [0.3, 0.4) is 0 Å². The van der Waals surface area contributed by atoms with Crippen LogP contribution in [-0.2, 0) is 33.4 Å². The van der Waals surface area contributed by atoms with Gasteiger partial charge in [-0.25, -0.2) is 9.59 Å². The van der Waals surface area contributed by atoms with E-state index in [9.17, 15) is 19.2 Å². The van der Waals surface area contributed by atoms with Gasteiger partial charge in [-0.3, -0.25) is 9.59 Å². The highest BCUT2D eigenvalue weighted by Gasteiger charge is 2.46. The van der Waals surface area contributed by atoms with Crippen LogP contribution in [0, 0.1) is 11.8 Å². The fraction of sp³-hybridized carbons (Fsp3) is 0.545. The summed E-state index contributed by atoms with van der Waals surface area (Å²) in [5.74, 6) is -2.43. The summed E-state index contributed by atoms with van der Waals surface area (Å²) in [6.45, 7) is 10.2. The van der Waals surface area contributed by atoms with Crippen LogP contribution in [0.25, 0.3) is 0 Å². The maximum absolute atomic E-state index is 12.7. The Hall–Kier alpha value is -2.70. The average Bonchev–Trinajstić information content (AvgIpc) is 2.92. The molecule has 1 aliphatic heterocycles. The van der Waals surface area contributed by atoms with Crippen LogP contribution >= 0.6 is 0 Å². The highest BCUT2D eigenvalue weighted by atomic mass is 16.6. The first kappa shape index (κ1) is 22.6. The van der Waals surface area contributed by atoms with Crippen molar-refractivity contribution >= 4 is 23.7 Å². The van der Waals surface area contributed by atoms with Crippen molar-refractivity contribution in [2.24, 2.45) is 11.8 Å². The second-order valence-corrected chi connectivity index (χ2v) is 7.59. The molecule has 7 nitrogen and oxygen atoms in total. The number of hydrogen-bond acceptors (Lipinski definition) is 7. The van der Waals surface area contributed by atoms with Gasteiger partial charge in [-0.2, -0.15) is 0 Å². The molecule has 0 aromatic carbocycles. The smallest absolute Gasteiger partial charge is 0.337 e. The molecule has 1 heterocycles. The van der Waals surface area contributed by atoms with E-state index in [0.717, 1.165) is 5.57 Å². The van der Waals surface area contributed by atoms with Crippen LogP contribution in [0.1, 0.15) is 47.0 Å². The number of esters is 3. The second-order valence-electron chi connectivity index (χ2n) is 7.59. The molecule has 0 spiro atoms. The van der Waals surface area contributed by atoms with Crippen molar-refractivity contribution < 1.29 is 33.4 Å². The van der Waals surface area contributed by atoms with Gasteiger partial charge < -0.3 is 14.2 Å². The molecule has 2 aliphatic rings. The zero-order valence-electron chi connectivity index (χ0n) is 17.4. The molecule has 0 bridgehead atoms. The van der Waals surface area contributed by atoms with E-state index in [2.05, 4.69) is 6.58 Å². The molecular weight excluding hydrogens is 376 g/mol. The number of ether oxygens (including phenoxy) is 3. The van der Waals surface area contributed by atoms with Gasteiger partial charge in [0.1, 0.15) is 24.6 Å².